The Kier molecular flexibility index (Phi) is 1.25. The zero-order valence-electron chi connectivity index (χ0n) is 7.08. The summed E-state index contributed by atoms with van der Waals surface area (Å²) in [5.74, 6) is 1.03. The van der Waals surface area contributed by atoms with Gasteiger partial charge in [0.25, 0.3) is 0 Å². The van der Waals surface area contributed by atoms with Crippen molar-refractivity contribution in [1.82, 2.24) is 0 Å². The van der Waals surface area contributed by atoms with Crippen LogP contribution in [0.1, 0.15) is 11.3 Å². The number of para-hydroxylation sites is 1. The van der Waals surface area contributed by atoms with Gasteiger partial charge < -0.3 is 9.73 Å². The van der Waals surface area contributed by atoms with Crippen molar-refractivity contribution in [2.75, 3.05) is 5.32 Å². The number of benzene rings is 1. The Balaban J connectivity index is 2.14. The van der Waals surface area contributed by atoms with Crippen molar-refractivity contribution in [3.63, 3.8) is 0 Å². The Labute approximate surface area is 76.2 Å². The summed E-state index contributed by atoms with van der Waals surface area (Å²) in [6.07, 6.45) is 2.62. The van der Waals surface area contributed by atoms with Gasteiger partial charge in [0.1, 0.15) is 5.76 Å². The molecular weight excluding hydrogens is 162 g/mol. The van der Waals surface area contributed by atoms with Gasteiger partial charge in [-0.05, 0) is 11.6 Å². The van der Waals surface area contributed by atoms with Crippen molar-refractivity contribution in [3.05, 3.63) is 47.9 Å². The molecule has 2 aromatic rings. The fraction of sp³-hybridized carbons (Fsp3) is 0.0909. The molecule has 2 heterocycles. The van der Waals surface area contributed by atoms with Gasteiger partial charge in [0.2, 0.25) is 0 Å². The Hall–Kier alpha value is -1.70. The summed E-state index contributed by atoms with van der Waals surface area (Å²) in [6.45, 7) is 0. The number of anilines is 2. The quantitative estimate of drug-likeness (QED) is 0.562. The molecule has 2 nitrogen and oxygen atoms in total. The number of nitrogens with one attached hydrogen (secondary N) is 1. The van der Waals surface area contributed by atoms with E-state index in [2.05, 4.69) is 23.5 Å². The number of hydrogen-bond donors (Lipinski definition) is 1. The third-order valence-electron chi connectivity index (χ3n) is 2.38. The topological polar surface area (TPSA) is 25.2 Å². The lowest BCUT2D eigenvalue weighted by molar-refractivity contribution is 0.521. The maximum atomic E-state index is 5.35. The van der Waals surface area contributed by atoms with Crippen molar-refractivity contribution in [1.29, 1.82) is 0 Å². The third-order valence-corrected chi connectivity index (χ3v) is 2.38. The Morgan fingerprint density at radius 2 is 2.00 bits per heavy atom. The minimum absolute atomic E-state index is 0.894. The highest BCUT2D eigenvalue weighted by Gasteiger charge is 2.15. The molecule has 1 aliphatic rings. The Bertz CT molecular complexity index is 405. The average molecular weight is 171 g/mol. The van der Waals surface area contributed by atoms with Crippen molar-refractivity contribution in [2.24, 2.45) is 0 Å². The van der Waals surface area contributed by atoms with E-state index in [4.69, 9.17) is 4.42 Å². The fourth-order valence-electron chi connectivity index (χ4n) is 1.70. The van der Waals surface area contributed by atoms with Gasteiger partial charge in [0.05, 0.1) is 12.0 Å². The highest BCUT2D eigenvalue weighted by Crippen LogP contribution is 2.32. The maximum Gasteiger partial charge on any atom is 0.131 e. The molecule has 0 atom stereocenters. The lowest BCUT2D eigenvalue weighted by Crippen LogP contribution is -2.03. The first-order valence-corrected chi connectivity index (χ1v) is 4.35. The van der Waals surface area contributed by atoms with Crippen molar-refractivity contribution in [3.8, 4) is 0 Å². The van der Waals surface area contributed by atoms with Gasteiger partial charge in [0, 0.05) is 18.2 Å². The van der Waals surface area contributed by atoms with Crippen molar-refractivity contribution < 1.29 is 4.42 Å². The van der Waals surface area contributed by atoms with E-state index in [1.54, 1.807) is 6.26 Å². The zero-order chi connectivity index (χ0) is 8.67. The molecule has 0 spiro atoms. The summed E-state index contributed by atoms with van der Waals surface area (Å²) < 4.78 is 5.35. The molecule has 1 N–H and O–H groups in total. The van der Waals surface area contributed by atoms with E-state index in [0.29, 0.717) is 0 Å². The maximum absolute atomic E-state index is 5.35. The third kappa shape index (κ3) is 0.952. The number of fused-ring (bicyclic) bond motifs is 2. The molecule has 0 fully saturated rings. The van der Waals surface area contributed by atoms with E-state index in [1.165, 1.54) is 11.3 Å². The molecule has 2 heteroatoms. The molecule has 3 rings (SSSR count). The molecule has 0 unspecified atom stereocenters. The first-order chi connectivity index (χ1) is 6.43. The first kappa shape index (κ1) is 6.78. The molecule has 13 heavy (non-hydrogen) atoms. The number of furan rings is 1. The van der Waals surface area contributed by atoms with Gasteiger partial charge in [-0.25, -0.2) is 0 Å². The molecule has 0 saturated carbocycles. The summed E-state index contributed by atoms with van der Waals surface area (Å²) >= 11 is 0. The second kappa shape index (κ2) is 2.39. The predicted molar refractivity (Wildman–Crippen MR) is 51.2 cm³/mol. The molecule has 64 valence electrons. The van der Waals surface area contributed by atoms with E-state index in [-0.39, 0.29) is 0 Å². The normalized spacial score (nSPS) is 12.9. The first-order valence-electron chi connectivity index (χ1n) is 4.35. The van der Waals surface area contributed by atoms with Gasteiger partial charge in [-0.1, -0.05) is 18.2 Å². The summed E-state index contributed by atoms with van der Waals surface area (Å²) in [5, 5.41) is 3.33. The zero-order valence-corrected chi connectivity index (χ0v) is 7.08. The lowest BCUT2D eigenvalue weighted by atomic mass is 10.0. The van der Waals surface area contributed by atoms with Crippen LogP contribution in [0.3, 0.4) is 0 Å². The second-order valence-electron chi connectivity index (χ2n) is 3.22. The Morgan fingerprint density at radius 3 is 3.00 bits per heavy atom. The fourth-order valence-corrected chi connectivity index (χ4v) is 1.70. The van der Waals surface area contributed by atoms with Crippen molar-refractivity contribution >= 4 is 11.4 Å². The van der Waals surface area contributed by atoms with Crippen LogP contribution < -0.4 is 5.32 Å². The SMILES string of the molecule is c1ccc2c(c1)Cc1occc1N2. The van der Waals surface area contributed by atoms with Crippen LogP contribution in [0.25, 0.3) is 0 Å². The number of rotatable bonds is 0. The average Bonchev–Trinajstić information content (AvgIpc) is 2.61. The van der Waals surface area contributed by atoms with Gasteiger partial charge >= 0.3 is 0 Å². The van der Waals surface area contributed by atoms with Crippen LogP contribution in [0.2, 0.25) is 0 Å². The molecule has 1 aromatic heterocycles. The van der Waals surface area contributed by atoms with Gasteiger partial charge in [-0.3, -0.25) is 0 Å². The van der Waals surface area contributed by atoms with Gasteiger partial charge in [-0.2, -0.15) is 0 Å². The number of hydrogen-bond acceptors (Lipinski definition) is 2. The highest BCUT2D eigenvalue weighted by atomic mass is 16.3. The lowest BCUT2D eigenvalue weighted by Gasteiger charge is -2.16. The summed E-state index contributed by atoms with van der Waals surface area (Å²) in [4.78, 5) is 0. The summed E-state index contributed by atoms with van der Waals surface area (Å²) in [7, 11) is 0. The van der Waals surface area contributed by atoms with Crippen LogP contribution >= 0.6 is 0 Å². The molecule has 0 aliphatic carbocycles. The minimum Gasteiger partial charge on any atom is -0.467 e. The van der Waals surface area contributed by atoms with E-state index < -0.39 is 0 Å². The van der Waals surface area contributed by atoms with Crippen LogP contribution in [-0.2, 0) is 6.42 Å². The van der Waals surface area contributed by atoms with Crippen LogP contribution in [0.4, 0.5) is 11.4 Å². The van der Waals surface area contributed by atoms with Gasteiger partial charge in [-0.15, -0.1) is 0 Å². The van der Waals surface area contributed by atoms with Crippen LogP contribution in [-0.4, -0.2) is 0 Å². The predicted octanol–water partition coefficient (Wildman–Crippen LogP) is 2.93. The minimum atomic E-state index is 0.894. The highest BCUT2D eigenvalue weighted by molar-refractivity contribution is 5.69. The monoisotopic (exact) mass is 171 g/mol. The van der Waals surface area contributed by atoms with E-state index in [1.807, 2.05) is 12.1 Å². The second-order valence-corrected chi connectivity index (χ2v) is 3.22. The van der Waals surface area contributed by atoms with Crippen molar-refractivity contribution in [2.45, 2.75) is 6.42 Å². The largest absolute Gasteiger partial charge is 0.467 e. The summed E-state index contributed by atoms with van der Waals surface area (Å²) in [5.41, 5.74) is 3.58. The van der Waals surface area contributed by atoms with Crippen LogP contribution in [0.5, 0.6) is 0 Å². The molecule has 1 aromatic carbocycles. The molecule has 1 aliphatic heterocycles. The molecule has 0 saturated heterocycles. The van der Waals surface area contributed by atoms with Crippen LogP contribution in [0.15, 0.2) is 41.0 Å². The smallest absolute Gasteiger partial charge is 0.131 e. The van der Waals surface area contributed by atoms with E-state index >= 15 is 0 Å². The molecular formula is C11H9NO. The van der Waals surface area contributed by atoms with E-state index in [9.17, 15) is 0 Å². The van der Waals surface area contributed by atoms with E-state index in [0.717, 1.165) is 17.9 Å². The standard InChI is InChI=1S/C11H9NO/c1-2-4-9-8(3-1)7-11-10(12-9)5-6-13-11/h1-6,12H,7H2. The van der Waals surface area contributed by atoms with Gasteiger partial charge in [0.15, 0.2) is 0 Å². The Morgan fingerprint density at radius 1 is 1.08 bits per heavy atom. The summed E-state index contributed by atoms with van der Waals surface area (Å²) in [6, 6.07) is 10.3. The molecule has 0 radical (unpaired) electrons. The molecule has 0 amide bonds. The van der Waals surface area contributed by atoms with Crippen LogP contribution in [0, 0.1) is 0 Å². The molecule has 0 bridgehead atoms.